The average Bonchev–Trinajstić information content (AvgIpc) is 2.86. The zero-order valence-corrected chi connectivity index (χ0v) is 14.9. The second kappa shape index (κ2) is 6.48. The molecule has 1 saturated heterocycles. The van der Waals surface area contributed by atoms with Crippen LogP contribution in [0.25, 0.3) is 0 Å². The Morgan fingerprint density at radius 2 is 1.95 bits per heavy atom. The van der Waals surface area contributed by atoms with Crippen LogP contribution in [0.4, 0.5) is 4.79 Å². The lowest BCUT2D eigenvalue weighted by Gasteiger charge is -2.24. The highest BCUT2D eigenvalue weighted by molar-refractivity contribution is 9.10. The summed E-state index contributed by atoms with van der Waals surface area (Å²) in [5, 5.41) is -0.0290. The van der Waals surface area contributed by atoms with Gasteiger partial charge >= 0.3 is 6.09 Å². The number of ether oxygens (including phenoxy) is 1. The molecule has 0 radical (unpaired) electrons. The molecule has 0 bridgehead atoms. The van der Waals surface area contributed by atoms with Crippen LogP contribution < -0.4 is 0 Å². The lowest BCUT2D eigenvalue weighted by molar-refractivity contribution is 0.0295. The van der Waals surface area contributed by atoms with Gasteiger partial charge in [0, 0.05) is 22.5 Å². The molecule has 0 N–H and O–H groups in total. The van der Waals surface area contributed by atoms with Gasteiger partial charge < -0.3 is 9.64 Å². The minimum Gasteiger partial charge on any atom is -0.444 e. The third-order valence-electron chi connectivity index (χ3n) is 3.15. The third kappa shape index (κ3) is 4.54. The summed E-state index contributed by atoms with van der Waals surface area (Å²) in [5.41, 5.74) is -0.500. The molecule has 0 saturated carbocycles. The molecule has 4 nitrogen and oxygen atoms in total. The summed E-state index contributed by atoms with van der Waals surface area (Å²) < 4.78 is 18.8. The van der Waals surface area contributed by atoms with Gasteiger partial charge in [0.2, 0.25) is 0 Å². The molecular formula is C15H20BrNO3S. The number of hydrogen-bond acceptors (Lipinski definition) is 3. The zero-order chi connectivity index (χ0) is 15.6. The number of benzene rings is 1. The zero-order valence-electron chi connectivity index (χ0n) is 12.5. The van der Waals surface area contributed by atoms with Gasteiger partial charge in [-0.05, 0) is 51.5 Å². The van der Waals surface area contributed by atoms with Crippen molar-refractivity contribution in [3.05, 3.63) is 28.7 Å². The van der Waals surface area contributed by atoms with Crippen molar-refractivity contribution in [3.63, 3.8) is 0 Å². The smallest absolute Gasteiger partial charge is 0.410 e. The molecule has 21 heavy (non-hydrogen) atoms. The van der Waals surface area contributed by atoms with Gasteiger partial charge in [-0.2, -0.15) is 0 Å². The largest absolute Gasteiger partial charge is 0.444 e. The molecule has 1 aromatic carbocycles. The van der Waals surface area contributed by atoms with E-state index in [1.165, 1.54) is 0 Å². The van der Waals surface area contributed by atoms with Gasteiger partial charge in [-0.25, -0.2) is 4.79 Å². The highest BCUT2D eigenvalue weighted by Gasteiger charge is 2.33. The second-order valence-electron chi connectivity index (χ2n) is 6.09. The summed E-state index contributed by atoms with van der Waals surface area (Å²) in [6.45, 7) is 6.62. The van der Waals surface area contributed by atoms with Crippen LogP contribution in [0.15, 0.2) is 33.6 Å². The maximum Gasteiger partial charge on any atom is 0.410 e. The number of hydrogen-bond donors (Lipinski definition) is 0. The Morgan fingerprint density at radius 1 is 1.33 bits per heavy atom. The number of halogens is 1. The van der Waals surface area contributed by atoms with Crippen molar-refractivity contribution < 1.29 is 13.7 Å². The van der Waals surface area contributed by atoms with Crippen LogP contribution in [0.5, 0.6) is 0 Å². The number of carbonyl (C=O) groups excluding carboxylic acids is 1. The predicted molar refractivity (Wildman–Crippen MR) is 86.8 cm³/mol. The van der Waals surface area contributed by atoms with Crippen LogP contribution in [0.2, 0.25) is 0 Å². The molecule has 0 aromatic heterocycles. The van der Waals surface area contributed by atoms with Crippen molar-refractivity contribution in [3.8, 4) is 0 Å². The Hall–Kier alpha value is -0.880. The molecule has 0 spiro atoms. The molecule has 2 unspecified atom stereocenters. The van der Waals surface area contributed by atoms with E-state index in [4.69, 9.17) is 4.74 Å². The van der Waals surface area contributed by atoms with Gasteiger partial charge in [0.15, 0.2) is 0 Å². The highest BCUT2D eigenvalue weighted by atomic mass is 79.9. The van der Waals surface area contributed by atoms with E-state index in [1.807, 2.05) is 45.0 Å². The van der Waals surface area contributed by atoms with Crippen LogP contribution in [-0.4, -0.2) is 39.1 Å². The molecule has 6 heteroatoms. The molecule has 1 heterocycles. The molecule has 1 aromatic rings. The second-order valence-corrected chi connectivity index (χ2v) is 8.74. The topological polar surface area (TPSA) is 46.6 Å². The SMILES string of the molecule is CC(C)(C)OC(=O)N1CCC(S(=O)c2ccc(Br)cc2)C1. The molecule has 1 aliphatic rings. The fraction of sp³-hybridized carbons (Fsp3) is 0.533. The van der Waals surface area contributed by atoms with Crippen molar-refractivity contribution in [2.45, 2.75) is 42.9 Å². The van der Waals surface area contributed by atoms with E-state index in [0.29, 0.717) is 13.1 Å². The first-order valence-corrected chi connectivity index (χ1v) is 8.91. The highest BCUT2D eigenvalue weighted by Crippen LogP contribution is 2.23. The Labute approximate surface area is 136 Å². The number of likely N-dealkylation sites (tertiary alicyclic amines) is 1. The summed E-state index contributed by atoms with van der Waals surface area (Å²) in [6, 6.07) is 7.48. The van der Waals surface area contributed by atoms with Crippen molar-refractivity contribution in [1.29, 1.82) is 0 Å². The molecule has 116 valence electrons. The Bertz CT molecular complexity index is 539. The minimum atomic E-state index is -1.10. The number of nitrogens with zero attached hydrogens (tertiary/aromatic N) is 1. The van der Waals surface area contributed by atoms with Crippen molar-refractivity contribution >= 4 is 32.8 Å². The summed E-state index contributed by atoms with van der Waals surface area (Å²) in [6.07, 6.45) is 0.417. The van der Waals surface area contributed by atoms with Gasteiger partial charge in [0.25, 0.3) is 0 Å². The van der Waals surface area contributed by atoms with Crippen LogP contribution in [0.3, 0.4) is 0 Å². The quantitative estimate of drug-likeness (QED) is 0.795. The normalized spacial score (nSPS) is 20.4. The molecule has 1 aliphatic heterocycles. The van der Waals surface area contributed by atoms with Crippen molar-refractivity contribution in [2.24, 2.45) is 0 Å². The fourth-order valence-corrected chi connectivity index (χ4v) is 3.84. The molecule has 2 rings (SSSR count). The first-order valence-electron chi connectivity index (χ1n) is 6.90. The number of carbonyl (C=O) groups is 1. The standard InChI is InChI=1S/C15H20BrNO3S/c1-15(2,3)20-14(18)17-9-8-13(10-17)21(19)12-6-4-11(16)5-7-12/h4-7,13H,8-10H2,1-3H3. The lowest BCUT2D eigenvalue weighted by atomic mass is 10.2. The lowest BCUT2D eigenvalue weighted by Crippen LogP contribution is -2.36. The van der Waals surface area contributed by atoms with E-state index >= 15 is 0 Å². The first kappa shape index (κ1) is 16.5. The van der Waals surface area contributed by atoms with E-state index in [9.17, 15) is 9.00 Å². The van der Waals surface area contributed by atoms with E-state index in [-0.39, 0.29) is 11.3 Å². The van der Waals surface area contributed by atoms with Gasteiger partial charge in [0.1, 0.15) is 5.60 Å². The van der Waals surface area contributed by atoms with E-state index in [1.54, 1.807) is 4.90 Å². The van der Waals surface area contributed by atoms with Crippen molar-refractivity contribution in [2.75, 3.05) is 13.1 Å². The minimum absolute atomic E-state index is 0.0290. The monoisotopic (exact) mass is 373 g/mol. The van der Waals surface area contributed by atoms with Gasteiger partial charge in [-0.1, -0.05) is 15.9 Å². The summed E-state index contributed by atoms with van der Waals surface area (Å²) in [7, 11) is -1.10. The molecule has 2 atom stereocenters. The number of amides is 1. The first-order chi connectivity index (χ1) is 9.76. The molecule has 0 aliphatic carbocycles. The molecule has 1 fully saturated rings. The summed E-state index contributed by atoms with van der Waals surface area (Å²) >= 11 is 3.37. The average molecular weight is 374 g/mol. The Kier molecular flexibility index (Phi) is 5.09. The van der Waals surface area contributed by atoms with Crippen LogP contribution >= 0.6 is 15.9 Å². The maximum atomic E-state index is 12.5. The summed E-state index contributed by atoms with van der Waals surface area (Å²) in [4.78, 5) is 14.5. The van der Waals surface area contributed by atoms with Crippen molar-refractivity contribution in [1.82, 2.24) is 4.90 Å². The Morgan fingerprint density at radius 3 is 2.52 bits per heavy atom. The van der Waals surface area contributed by atoms with E-state index in [0.717, 1.165) is 15.8 Å². The molecular weight excluding hydrogens is 354 g/mol. The predicted octanol–water partition coefficient (Wildman–Crippen LogP) is 3.57. The van der Waals surface area contributed by atoms with Crippen LogP contribution in [0.1, 0.15) is 27.2 Å². The van der Waals surface area contributed by atoms with Gasteiger partial charge in [-0.15, -0.1) is 0 Å². The third-order valence-corrected chi connectivity index (χ3v) is 5.40. The Balaban J connectivity index is 1.97. The van der Waals surface area contributed by atoms with Crippen LogP contribution in [-0.2, 0) is 15.5 Å². The van der Waals surface area contributed by atoms with Crippen LogP contribution in [0, 0.1) is 0 Å². The maximum absolute atomic E-state index is 12.5. The van der Waals surface area contributed by atoms with E-state index < -0.39 is 16.4 Å². The molecule has 1 amide bonds. The fourth-order valence-electron chi connectivity index (χ4n) is 2.16. The number of rotatable bonds is 2. The van der Waals surface area contributed by atoms with E-state index in [2.05, 4.69) is 15.9 Å². The van der Waals surface area contributed by atoms with Gasteiger partial charge in [-0.3, -0.25) is 4.21 Å². The summed E-state index contributed by atoms with van der Waals surface area (Å²) in [5.74, 6) is 0. The van der Waals surface area contributed by atoms with Gasteiger partial charge in [0.05, 0.1) is 16.0 Å².